The first-order valence-corrected chi connectivity index (χ1v) is 12.1. The zero-order chi connectivity index (χ0) is 25.0. The fourth-order valence-corrected chi connectivity index (χ4v) is 5.10. The van der Waals surface area contributed by atoms with Crippen LogP contribution >= 0.6 is 11.3 Å². The number of thiophene rings is 1. The van der Waals surface area contributed by atoms with Gasteiger partial charge in [-0.3, -0.25) is 14.5 Å². The highest BCUT2D eigenvalue weighted by molar-refractivity contribution is 7.20. The highest BCUT2D eigenvalue weighted by atomic mass is 32.1. The van der Waals surface area contributed by atoms with Gasteiger partial charge < -0.3 is 15.4 Å². The lowest BCUT2D eigenvalue weighted by atomic mass is 9.87. The molecular weight excluding hydrogens is 466 g/mol. The number of urea groups is 1. The lowest BCUT2D eigenvalue weighted by Gasteiger charge is -2.25. The highest BCUT2D eigenvalue weighted by Gasteiger charge is 2.51. The van der Waals surface area contributed by atoms with Gasteiger partial charge in [-0.25, -0.2) is 9.59 Å². The van der Waals surface area contributed by atoms with Gasteiger partial charge in [0.15, 0.2) is 0 Å². The number of carbonyl (C=O) groups excluding carboxylic acids is 4. The summed E-state index contributed by atoms with van der Waals surface area (Å²) in [5, 5.41) is 5.75. The number of anilines is 1. The van der Waals surface area contributed by atoms with E-state index in [2.05, 4.69) is 10.6 Å². The summed E-state index contributed by atoms with van der Waals surface area (Å²) in [7, 11) is 0. The zero-order valence-electron chi connectivity index (χ0n) is 19.4. The van der Waals surface area contributed by atoms with Crippen LogP contribution in [0.4, 0.5) is 9.80 Å². The third-order valence-corrected chi connectivity index (χ3v) is 6.91. The van der Waals surface area contributed by atoms with Crippen LogP contribution in [0.25, 0.3) is 10.4 Å². The number of amides is 4. The van der Waals surface area contributed by atoms with Crippen LogP contribution in [0, 0.1) is 0 Å². The summed E-state index contributed by atoms with van der Waals surface area (Å²) in [5.41, 5.74) is 0.527. The van der Waals surface area contributed by atoms with Gasteiger partial charge in [-0.05, 0) is 30.5 Å². The molecule has 9 heteroatoms. The molecule has 180 valence electrons. The molecule has 4 amide bonds. The summed E-state index contributed by atoms with van der Waals surface area (Å²) in [6.07, 6.45) is 0.331. The third kappa shape index (κ3) is 4.67. The maximum Gasteiger partial charge on any atom is 0.341 e. The van der Waals surface area contributed by atoms with Crippen LogP contribution in [-0.2, 0) is 19.9 Å². The fourth-order valence-electron chi connectivity index (χ4n) is 4.03. The molecule has 0 bridgehead atoms. The maximum absolute atomic E-state index is 13.3. The minimum Gasteiger partial charge on any atom is -0.462 e. The molecule has 1 saturated heterocycles. The lowest BCUT2D eigenvalue weighted by Crippen LogP contribution is -2.44. The van der Waals surface area contributed by atoms with Gasteiger partial charge in [0, 0.05) is 4.88 Å². The van der Waals surface area contributed by atoms with E-state index in [1.54, 1.807) is 44.2 Å². The molecule has 1 aromatic heterocycles. The first-order chi connectivity index (χ1) is 16.9. The molecule has 35 heavy (non-hydrogen) atoms. The van der Waals surface area contributed by atoms with Crippen molar-refractivity contribution in [1.29, 1.82) is 0 Å². The number of carbonyl (C=O) groups is 4. The fraction of sp³-hybridized carbons (Fsp3) is 0.231. The lowest BCUT2D eigenvalue weighted by molar-refractivity contribution is -0.134. The van der Waals surface area contributed by atoms with Gasteiger partial charge in [0.25, 0.3) is 5.91 Å². The minimum absolute atomic E-state index is 0.184. The van der Waals surface area contributed by atoms with Gasteiger partial charge in [-0.15, -0.1) is 11.3 Å². The highest BCUT2D eigenvalue weighted by Crippen LogP contribution is 2.36. The van der Waals surface area contributed by atoms with Crippen molar-refractivity contribution in [3.8, 4) is 10.4 Å². The number of esters is 1. The quantitative estimate of drug-likeness (QED) is 0.359. The van der Waals surface area contributed by atoms with E-state index in [1.165, 1.54) is 11.3 Å². The van der Waals surface area contributed by atoms with Crippen molar-refractivity contribution in [3.63, 3.8) is 0 Å². The second kappa shape index (κ2) is 10.1. The molecule has 0 saturated carbocycles. The van der Waals surface area contributed by atoms with E-state index in [4.69, 9.17) is 4.74 Å². The number of benzene rings is 2. The molecule has 1 fully saturated rings. The van der Waals surface area contributed by atoms with Gasteiger partial charge in [0.1, 0.15) is 17.1 Å². The predicted octanol–water partition coefficient (Wildman–Crippen LogP) is 4.39. The first kappa shape index (κ1) is 24.2. The predicted molar refractivity (Wildman–Crippen MR) is 133 cm³/mol. The average molecular weight is 492 g/mol. The number of nitrogens with zero attached hydrogens (tertiary/aromatic N) is 1. The second-order valence-corrected chi connectivity index (χ2v) is 8.99. The SMILES string of the molecule is CCOC(=O)c1cc(-c2ccccc2)sc1NC(=O)CN1C(=O)N[C@](CC)(c2ccccc2)C1=O. The number of hydrogen-bond acceptors (Lipinski definition) is 6. The van der Waals surface area contributed by atoms with Crippen LogP contribution in [-0.4, -0.2) is 41.9 Å². The molecule has 2 N–H and O–H groups in total. The Kier molecular flexibility index (Phi) is 6.97. The standard InChI is InChI=1S/C26H25N3O5S/c1-3-26(18-13-9-6-10-14-18)24(32)29(25(33)28-26)16-21(30)27-22-19(23(31)34-4-2)15-20(35-22)17-11-7-5-8-12-17/h5-15H,3-4,16H2,1-2H3,(H,27,30)(H,28,33)/t26-/m1/s1. The van der Waals surface area contributed by atoms with E-state index in [0.29, 0.717) is 17.0 Å². The maximum atomic E-state index is 13.3. The van der Waals surface area contributed by atoms with Crippen molar-refractivity contribution in [2.24, 2.45) is 0 Å². The Morgan fingerprint density at radius 2 is 1.69 bits per heavy atom. The number of ether oxygens (including phenoxy) is 1. The normalized spacial score (nSPS) is 17.3. The van der Waals surface area contributed by atoms with E-state index >= 15 is 0 Å². The Morgan fingerprint density at radius 1 is 1.03 bits per heavy atom. The minimum atomic E-state index is -1.22. The number of imide groups is 1. The van der Waals surface area contributed by atoms with Crippen LogP contribution in [0.15, 0.2) is 66.7 Å². The molecule has 0 aliphatic carbocycles. The summed E-state index contributed by atoms with van der Waals surface area (Å²) >= 11 is 1.22. The topological polar surface area (TPSA) is 105 Å². The molecule has 0 unspecified atom stereocenters. The van der Waals surface area contributed by atoms with Gasteiger partial charge in [0.05, 0.1) is 12.2 Å². The first-order valence-electron chi connectivity index (χ1n) is 11.3. The van der Waals surface area contributed by atoms with Crippen LogP contribution in [0.2, 0.25) is 0 Å². The Labute approximate surface area is 206 Å². The Hall–Kier alpha value is -3.98. The van der Waals surface area contributed by atoms with Crippen molar-refractivity contribution in [2.75, 3.05) is 18.5 Å². The van der Waals surface area contributed by atoms with Gasteiger partial charge >= 0.3 is 12.0 Å². The molecular formula is C26H25N3O5S. The smallest absolute Gasteiger partial charge is 0.341 e. The molecule has 8 nitrogen and oxygen atoms in total. The molecule has 2 aromatic carbocycles. The molecule has 2 heterocycles. The summed E-state index contributed by atoms with van der Waals surface area (Å²) in [6, 6.07) is 19.4. The van der Waals surface area contributed by atoms with Crippen molar-refractivity contribution < 1.29 is 23.9 Å². The van der Waals surface area contributed by atoms with Crippen LogP contribution in [0.1, 0.15) is 36.2 Å². The van der Waals surface area contributed by atoms with Gasteiger partial charge in [-0.2, -0.15) is 0 Å². The Bertz CT molecular complexity index is 1260. The number of hydrogen-bond donors (Lipinski definition) is 2. The number of rotatable bonds is 8. The average Bonchev–Trinajstić information content (AvgIpc) is 3.40. The summed E-state index contributed by atoms with van der Waals surface area (Å²) in [6.45, 7) is 3.20. The number of nitrogens with one attached hydrogen (secondary N) is 2. The van der Waals surface area contributed by atoms with Crippen molar-refractivity contribution in [3.05, 3.63) is 77.9 Å². The Balaban J connectivity index is 1.56. The third-order valence-electron chi connectivity index (χ3n) is 5.81. The van der Waals surface area contributed by atoms with E-state index in [0.717, 1.165) is 15.3 Å². The summed E-state index contributed by atoms with van der Waals surface area (Å²) < 4.78 is 5.15. The van der Waals surface area contributed by atoms with Crippen LogP contribution < -0.4 is 10.6 Å². The molecule has 1 aliphatic heterocycles. The molecule has 4 rings (SSSR count). The van der Waals surface area contributed by atoms with Crippen molar-refractivity contribution in [1.82, 2.24) is 10.2 Å². The van der Waals surface area contributed by atoms with Crippen LogP contribution in [0.3, 0.4) is 0 Å². The van der Waals surface area contributed by atoms with Gasteiger partial charge in [0.2, 0.25) is 5.91 Å². The van der Waals surface area contributed by atoms with Gasteiger partial charge in [-0.1, -0.05) is 67.6 Å². The van der Waals surface area contributed by atoms with Crippen molar-refractivity contribution >= 4 is 40.2 Å². The molecule has 0 spiro atoms. The molecule has 1 aliphatic rings. The van der Waals surface area contributed by atoms with E-state index in [9.17, 15) is 19.2 Å². The largest absolute Gasteiger partial charge is 0.462 e. The second-order valence-electron chi connectivity index (χ2n) is 7.93. The molecule has 0 radical (unpaired) electrons. The van der Waals surface area contributed by atoms with E-state index in [-0.39, 0.29) is 12.2 Å². The molecule has 1 atom stereocenters. The zero-order valence-corrected chi connectivity index (χ0v) is 20.2. The van der Waals surface area contributed by atoms with Crippen molar-refractivity contribution in [2.45, 2.75) is 25.8 Å². The Morgan fingerprint density at radius 3 is 2.31 bits per heavy atom. The monoisotopic (exact) mass is 491 g/mol. The van der Waals surface area contributed by atoms with Crippen LogP contribution in [0.5, 0.6) is 0 Å². The summed E-state index contributed by atoms with van der Waals surface area (Å²) in [4.78, 5) is 53.2. The van der Waals surface area contributed by atoms with E-state index in [1.807, 2.05) is 36.4 Å². The molecule has 3 aromatic rings. The summed E-state index contributed by atoms with van der Waals surface area (Å²) in [5.74, 6) is -1.65. The van der Waals surface area contributed by atoms with E-state index < -0.39 is 35.9 Å².